The van der Waals surface area contributed by atoms with Gasteiger partial charge in [-0.25, -0.2) is 0 Å². The summed E-state index contributed by atoms with van der Waals surface area (Å²) in [5.74, 6) is 0.929. The van der Waals surface area contributed by atoms with Crippen LogP contribution in [0.15, 0.2) is 41.0 Å². The Labute approximate surface area is 110 Å². The molecular weight excluding hydrogens is 257 g/mol. The third-order valence-electron chi connectivity index (χ3n) is 2.66. The van der Waals surface area contributed by atoms with Crippen LogP contribution in [0.25, 0.3) is 0 Å². The van der Waals surface area contributed by atoms with Crippen molar-refractivity contribution in [2.45, 2.75) is 18.9 Å². The fourth-order valence-electron chi connectivity index (χ4n) is 1.71. The molecule has 0 amide bonds. The zero-order chi connectivity index (χ0) is 12.3. The minimum atomic E-state index is -0.133. The summed E-state index contributed by atoms with van der Waals surface area (Å²) >= 11 is 12.1. The molecule has 4 heteroatoms. The van der Waals surface area contributed by atoms with E-state index >= 15 is 0 Å². The Morgan fingerprint density at radius 3 is 2.71 bits per heavy atom. The minimum Gasteiger partial charge on any atom is -0.469 e. The van der Waals surface area contributed by atoms with E-state index in [1.165, 1.54) is 0 Å². The Kier molecular flexibility index (Phi) is 4.11. The Morgan fingerprint density at radius 2 is 2.00 bits per heavy atom. The largest absolute Gasteiger partial charge is 0.469 e. The standard InChI is InChI=1S/C13H13Cl2NO/c14-11-5-1-4-10(13(11)15)12(16)7-6-9-3-2-8-17-9/h1-5,8,12H,6-7,16H2. The van der Waals surface area contributed by atoms with E-state index in [9.17, 15) is 0 Å². The van der Waals surface area contributed by atoms with Crippen LogP contribution >= 0.6 is 23.2 Å². The molecule has 0 spiro atoms. The number of aryl methyl sites for hydroxylation is 1. The van der Waals surface area contributed by atoms with Gasteiger partial charge < -0.3 is 10.2 Å². The van der Waals surface area contributed by atoms with Gasteiger partial charge in [0.05, 0.1) is 16.3 Å². The second-order valence-electron chi connectivity index (χ2n) is 3.87. The lowest BCUT2D eigenvalue weighted by atomic mass is 10.0. The van der Waals surface area contributed by atoms with Crippen molar-refractivity contribution in [1.82, 2.24) is 0 Å². The molecule has 90 valence electrons. The third kappa shape index (κ3) is 3.03. The van der Waals surface area contributed by atoms with Crippen molar-refractivity contribution in [1.29, 1.82) is 0 Å². The number of furan rings is 1. The topological polar surface area (TPSA) is 39.2 Å². The molecule has 1 atom stereocenters. The summed E-state index contributed by atoms with van der Waals surface area (Å²) in [6, 6.07) is 9.19. The van der Waals surface area contributed by atoms with Gasteiger partial charge in [-0.05, 0) is 30.2 Å². The summed E-state index contributed by atoms with van der Waals surface area (Å²) in [7, 11) is 0. The predicted octanol–water partition coefficient (Wildman–Crippen LogP) is 4.22. The van der Waals surface area contributed by atoms with E-state index < -0.39 is 0 Å². The maximum absolute atomic E-state index is 6.11. The zero-order valence-corrected chi connectivity index (χ0v) is 10.7. The monoisotopic (exact) mass is 269 g/mol. The molecule has 0 aliphatic heterocycles. The highest BCUT2D eigenvalue weighted by Crippen LogP contribution is 2.30. The Morgan fingerprint density at radius 1 is 1.18 bits per heavy atom. The molecule has 0 radical (unpaired) electrons. The number of hydrogen-bond acceptors (Lipinski definition) is 2. The molecule has 1 heterocycles. The average Bonchev–Trinajstić information content (AvgIpc) is 2.82. The van der Waals surface area contributed by atoms with Gasteiger partial charge in [-0.15, -0.1) is 0 Å². The lowest BCUT2D eigenvalue weighted by molar-refractivity contribution is 0.488. The van der Waals surface area contributed by atoms with Gasteiger partial charge in [-0.2, -0.15) is 0 Å². The van der Waals surface area contributed by atoms with Crippen molar-refractivity contribution in [3.05, 3.63) is 58.0 Å². The summed E-state index contributed by atoms with van der Waals surface area (Å²) < 4.78 is 5.26. The normalized spacial score (nSPS) is 12.6. The number of halogens is 2. The first-order valence-corrected chi connectivity index (χ1v) is 6.16. The second-order valence-corrected chi connectivity index (χ2v) is 4.65. The minimum absolute atomic E-state index is 0.133. The quantitative estimate of drug-likeness (QED) is 0.903. The Balaban J connectivity index is 2.04. The highest BCUT2D eigenvalue weighted by atomic mass is 35.5. The first-order valence-electron chi connectivity index (χ1n) is 5.40. The van der Waals surface area contributed by atoms with Gasteiger partial charge in [0.2, 0.25) is 0 Å². The van der Waals surface area contributed by atoms with Gasteiger partial charge in [0.15, 0.2) is 0 Å². The molecule has 0 saturated heterocycles. The maximum atomic E-state index is 6.11. The lowest BCUT2D eigenvalue weighted by Gasteiger charge is -2.13. The van der Waals surface area contributed by atoms with E-state index in [0.717, 1.165) is 24.2 Å². The van der Waals surface area contributed by atoms with E-state index in [2.05, 4.69) is 0 Å². The fraction of sp³-hybridized carbons (Fsp3) is 0.231. The molecule has 1 aromatic heterocycles. The van der Waals surface area contributed by atoms with Crippen LogP contribution in [0.3, 0.4) is 0 Å². The summed E-state index contributed by atoms with van der Waals surface area (Å²) in [6.45, 7) is 0. The molecule has 0 fully saturated rings. The zero-order valence-electron chi connectivity index (χ0n) is 9.20. The number of rotatable bonds is 4. The van der Waals surface area contributed by atoms with Gasteiger partial charge in [0, 0.05) is 12.5 Å². The van der Waals surface area contributed by atoms with Crippen LogP contribution in [0.1, 0.15) is 23.8 Å². The Hall–Kier alpha value is -0.960. The first kappa shape index (κ1) is 12.5. The summed E-state index contributed by atoms with van der Waals surface area (Å²) in [4.78, 5) is 0. The van der Waals surface area contributed by atoms with E-state index in [1.54, 1.807) is 12.3 Å². The summed E-state index contributed by atoms with van der Waals surface area (Å²) in [5.41, 5.74) is 6.98. The van der Waals surface area contributed by atoms with Crippen LogP contribution in [0.5, 0.6) is 0 Å². The van der Waals surface area contributed by atoms with Crippen molar-refractivity contribution < 1.29 is 4.42 Å². The van der Waals surface area contributed by atoms with Crippen molar-refractivity contribution in [3.63, 3.8) is 0 Å². The molecule has 0 bridgehead atoms. The molecule has 1 unspecified atom stereocenters. The molecular formula is C13H13Cl2NO. The maximum Gasteiger partial charge on any atom is 0.103 e. The molecule has 2 rings (SSSR count). The van der Waals surface area contributed by atoms with Crippen LogP contribution in [-0.2, 0) is 6.42 Å². The highest BCUT2D eigenvalue weighted by molar-refractivity contribution is 6.42. The molecule has 2 N–H and O–H groups in total. The SMILES string of the molecule is NC(CCc1ccco1)c1cccc(Cl)c1Cl. The Bertz CT molecular complexity index is 482. The molecule has 2 nitrogen and oxygen atoms in total. The van der Waals surface area contributed by atoms with Crippen LogP contribution in [0, 0.1) is 0 Å². The molecule has 1 aromatic carbocycles. The predicted molar refractivity (Wildman–Crippen MR) is 70.4 cm³/mol. The number of nitrogens with two attached hydrogens (primary N) is 1. The first-order chi connectivity index (χ1) is 8.18. The number of benzene rings is 1. The average molecular weight is 270 g/mol. The van der Waals surface area contributed by atoms with Crippen molar-refractivity contribution in [2.24, 2.45) is 5.73 Å². The molecule has 17 heavy (non-hydrogen) atoms. The van der Waals surface area contributed by atoms with E-state index in [0.29, 0.717) is 10.0 Å². The van der Waals surface area contributed by atoms with Crippen LogP contribution in [-0.4, -0.2) is 0 Å². The van der Waals surface area contributed by atoms with Gasteiger partial charge in [-0.3, -0.25) is 0 Å². The lowest BCUT2D eigenvalue weighted by Crippen LogP contribution is -2.11. The highest BCUT2D eigenvalue weighted by Gasteiger charge is 2.12. The van der Waals surface area contributed by atoms with E-state index in [1.807, 2.05) is 24.3 Å². The molecule has 0 aliphatic carbocycles. The van der Waals surface area contributed by atoms with E-state index in [4.69, 9.17) is 33.4 Å². The summed E-state index contributed by atoms with van der Waals surface area (Å²) in [6.07, 6.45) is 3.22. The van der Waals surface area contributed by atoms with Crippen LogP contribution in [0.4, 0.5) is 0 Å². The molecule has 0 aliphatic rings. The van der Waals surface area contributed by atoms with Crippen LogP contribution in [0.2, 0.25) is 10.0 Å². The third-order valence-corrected chi connectivity index (χ3v) is 3.50. The van der Waals surface area contributed by atoms with Gasteiger partial charge in [-0.1, -0.05) is 35.3 Å². The van der Waals surface area contributed by atoms with Crippen molar-refractivity contribution in [2.75, 3.05) is 0 Å². The van der Waals surface area contributed by atoms with Crippen LogP contribution < -0.4 is 5.73 Å². The number of hydrogen-bond donors (Lipinski definition) is 1. The van der Waals surface area contributed by atoms with Gasteiger partial charge >= 0.3 is 0 Å². The van der Waals surface area contributed by atoms with Crippen molar-refractivity contribution in [3.8, 4) is 0 Å². The van der Waals surface area contributed by atoms with Gasteiger partial charge in [0.1, 0.15) is 5.76 Å². The fourth-order valence-corrected chi connectivity index (χ4v) is 2.16. The smallest absolute Gasteiger partial charge is 0.103 e. The van der Waals surface area contributed by atoms with E-state index in [-0.39, 0.29) is 6.04 Å². The molecule has 2 aromatic rings. The summed E-state index contributed by atoms with van der Waals surface area (Å²) in [5, 5.41) is 1.08. The second kappa shape index (κ2) is 5.58. The molecule has 0 saturated carbocycles. The van der Waals surface area contributed by atoms with Gasteiger partial charge in [0.25, 0.3) is 0 Å². The van der Waals surface area contributed by atoms with Crippen molar-refractivity contribution >= 4 is 23.2 Å².